The number of carboxylic acid groups (broad SMARTS) is 1. The second-order valence-electron chi connectivity index (χ2n) is 3.80. The Morgan fingerprint density at radius 3 is 2.83 bits per heavy atom. The van der Waals surface area contributed by atoms with Crippen LogP contribution in [0.25, 0.3) is 0 Å². The van der Waals surface area contributed by atoms with Crippen LogP contribution in [-0.2, 0) is 0 Å². The maximum Gasteiger partial charge on any atom is 0.338 e. The first-order valence-electron chi connectivity index (χ1n) is 5.30. The number of rotatable bonds is 3. The Morgan fingerprint density at radius 2 is 2.17 bits per heavy atom. The van der Waals surface area contributed by atoms with Gasteiger partial charge >= 0.3 is 5.97 Å². The van der Waals surface area contributed by atoms with Crippen LogP contribution < -0.4 is 10.5 Å². The van der Waals surface area contributed by atoms with Crippen LogP contribution in [0.1, 0.15) is 15.9 Å². The molecule has 0 bridgehead atoms. The number of aromatic carboxylic acids is 1. The summed E-state index contributed by atoms with van der Waals surface area (Å²) in [6.07, 6.45) is 1.35. The molecule has 1 heterocycles. The molecule has 5 nitrogen and oxygen atoms in total. The third kappa shape index (κ3) is 2.40. The first-order chi connectivity index (χ1) is 8.58. The van der Waals surface area contributed by atoms with Crippen molar-refractivity contribution in [2.75, 3.05) is 5.73 Å². The molecule has 2 rings (SSSR count). The molecule has 92 valence electrons. The fraction of sp³-hybridized carbons (Fsp3) is 0.0769. The van der Waals surface area contributed by atoms with Gasteiger partial charge in [-0.3, -0.25) is 0 Å². The largest absolute Gasteiger partial charge is 0.478 e. The highest BCUT2D eigenvalue weighted by molar-refractivity contribution is 5.94. The average Bonchev–Trinajstić information content (AvgIpc) is 2.31. The van der Waals surface area contributed by atoms with Crippen molar-refractivity contribution in [3.63, 3.8) is 0 Å². The number of carbonyl (C=O) groups is 1. The van der Waals surface area contributed by atoms with Gasteiger partial charge in [-0.25, -0.2) is 9.78 Å². The number of nitrogen functional groups attached to an aromatic ring is 1. The molecule has 0 radical (unpaired) electrons. The van der Waals surface area contributed by atoms with Crippen molar-refractivity contribution in [2.45, 2.75) is 6.92 Å². The molecule has 0 fully saturated rings. The molecule has 0 amide bonds. The van der Waals surface area contributed by atoms with Gasteiger partial charge in [0.05, 0.1) is 5.56 Å². The fourth-order valence-electron chi connectivity index (χ4n) is 1.51. The summed E-state index contributed by atoms with van der Waals surface area (Å²) in [4.78, 5) is 14.9. The summed E-state index contributed by atoms with van der Waals surface area (Å²) in [5.41, 5.74) is 6.73. The molecule has 0 saturated heterocycles. The topological polar surface area (TPSA) is 85.4 Å². The first-order valence-corrected chi connectivity index (χ1v) is 5.30. The number of nitrogens with zero attached hydrogens (tertiary/aromatic N) is 1. The summed E-state index contributed by atoms with van der Waals surface area (Å²) in [7, 11) is 0. The van der Waals surface area contributed by atoms with E-state index >= 15 is 0 Å². The van der Waals surface area contributed by atoms with Crippen LogP contribution >= 0.6 is 0 Å². The van der Waals surface area contributed by atoms with E-state index in [1.165, 1.54) is 12.3 Å². The van der Waals surface area contributed by atoms with E-state index in [-0.39, 0.29) is 17.1 Å². The smallest absolute Gasteiger partial charge is 0.338 e. The number of anilines is 1. The highest BCUT2D eigenvalue weighted by Gasteiger charge is 2.13. The Kier molecular flexibility index (Phi) is 3.14. The SMILES string of the molecule is Cc1cccc(Oc2nccc(C(=O)O)c2N)c1. The number of carboxylic acids is 1. The van der Waals surface area contributed by atoms with Crippen LogP contribution in [0, 0.1) is 6.92 Å². The quantitative estimate of drug-likeness (QED) is 0.866. The highest BCUT2D eigenvalue weighted by Crippen LogP contribution is 2.27. The number of aryl methyl sites for hydroxylation is 1. The molecule has 0 unspecified atom stereocenters. The number of benzene rings is 1. The lowest BCUT2D eigenvalue weighted by molar-refractivity contribution is 0.0697. The van der Waals surface area contributed by atoms with Gasteiger partial charge in [0.1, 0.15) is 11.4 Å². The standard InChI is InChI=1S/C13H12N2O3/c1-8-3-2-4-9(7-8)18-12-11(14)10(13(16)17)5-6-15-12/h2-7H,14H2,1H3,(H,16,17). The van der Waals surface area contributed by atoms with Gasteiger partial charge in [-0.15, -0.1) is 0 Å². The van der Waals surface area contributed by atoms with Gasteiger partial charge in [0.2, 0.25) is 5.88 Å². The van der Waals surface area contributed by atoms with Gasteiger partial charge < -0.3 is 15.6 Å². The minimum atomic E-state index is -1.11. The van der Waals surface area contributed by atoms with Gasteiger partial charge in [0.25, 0.3) is 0 Å². The number of aromatic nitrogens is 1. The zero-order valence-electron chi connectivity index (χ0n) is 9.75. The minimum Gasteiger partial charge on any atom is -0.478 e. The summed E-state index contributed by atoms with van der Waals surface area (Å²) in [5, 5.41) is 8.94. The molecule has 18 heavy (non-hydrogen) atoms. The van der Waals surface area contributed by atoms with E-state index in [0.717, 1.165) is 5.56 Å². The van der Waals surface area contributed by atoms with Crippen LogP contribution in [-0.4, -0.2) is 16.1 Å². The van der Waals surface area contributed by atoms with Crippen molar-refractivity contribution in [1.29, 1.82) is 0 Å². The van der Waals surface area contributed by atoms with Crippen molar-refractivity contribution in [2.24, 2.45) is 0 Å². The lowest BCUT2D eigenvalue weighted by Crippen LogP contribution is -2.05. The third-order valence-electron chi connectivity index (χ3n) is 2.39. The molecule has 1 aromatic carbocycles. The Balaban J connectivity index is 2.35. The van der Waals surface area contributed by atoms with Crippen molar-refractivity contribution in [1.82, 2.24) is 4.98 Å². The van der Waals surface area contributed by atoms with Crippen LogP contribution in [0.3, 0.4) is 0 Å². The van der Waals surface area contributed by atoms with Gasteiger partial charge in [-0.2, -0.15) is 0 Å². The number of pyridine rings is 1. The summed E-state index contributed by atoms with van der Waals surface area (Å²) in [5.74, 6) is -0.443. The summed E-state index contributed by atoms with van der Waals surface area (Å²) in [6.45, 7) is 1.93. The van der Waals surface area contributed by atoms with Gasteiger partial charge in [-0.05, 0) is 30.7 Å². The lowest BCUT2D eigenvalue weighted by atomic mass is 10.2. The zero-order chi connectivity index (χ0) is 13.1. The van der Waals surface area contributed by atoms with Crippen molar-refractivity contribution in [3.05, 3.63) is 47.7 Å². The average molecular weight is 244 g/mol. The van der Waals surface area contributed by atoms with Gasteiger partial charge in [0, 0.05) is 6.20 Å². The fourth-order valence-corrected chi connectivity index (χ4v) is 1.51. The summed E-state index contributed by atoms with van der Waals surface area (Å²) < 4.78 is 5.48. The molecule has 0 aliphatic heterocycles. The molecular formula is C13H12N2O3. The molecule has 3 N–H and O–H groups in total. The zero-order valence-corrected chi connectivity index (χ0v) is 9.75. The normalized spacial score (nSPS) is 10.1. The second-order valence-corrected chi connectivity index (χ2v) is 3.80. The maximum atomic E-state index is 10.9. The summed E-state index contributed by atoms with van der Waals surface area (Å²) >= 11 is 0. The van der Waals surface area contributed by atoms with E-state index in [0.29, 0.717) is 5.75 Å². The molecule has 2 aromatic rings. The Labute approximate surface area is 104 Å². The third-order valence-corrected chi connectivity index (χ3v) is 2.39. The Morgan fingerprint density at radius 1 is 1.39 bits per heavy atom. The number of hydrogen-bond donors (Lipinski definition) is 2. The molecule has 0 aliphatic carbocycles. The molecule has 0 atom stereocenters. The van der Waals surface area contributed by atoms with Crippen LogP contribution in [0.15, 0.2) is 36.5 Å². The highest BCUT2D eigenvalue weighted by atomic mass is 16.5. The van der Waals surface area contributed by atoms with Crippen molar-refractivity contribution in [3.8, 4) is 11.6 Å². The van der Waals surface area contributed by atoms with E-state index in [2.05, 4.69) is 4.98 Å². The molecule has 0 spiro atoms. The number of nitrogens with two attached hydrogens (primary N) is 1. The van der Waals surface area contributed by atoms with Crippen molar-refractivity contribution >= 4 is 11.7 Å². The first kappa shape index (κ1) is 11.9. The van der Waals surface area contributed by atoms with Crippen LogP contribution in [0.4, 0.5) is 5.69 Å². The Hall–Kier alpha value is -2.56. The maximum absolute atomic E-state index is 10.9. The molecule has 5 heteroatoms. The van der Waals surface area contributed by atoms with E-state index in [1.807, 2.05) is 25.1 Å². The Bertz CT molecular complexity index is 597. The number of hydrogen-bond acceptors (Lipinski definition) is 4. The van der Waals surface area contributed by atoms with Crippen molar-refractivity contribution < 1.29 is 14.6 Å². The van der Waals surface area contributed by atoms with E-state index in [9.17, 15) is 4.79 Å². The molecule has 0 aliphatic rings. The molecular weight excluding hydrogens is 232 g/mol. The predicted octanol–water partition coefficient (Wildman–Crippen LogP) is 2.46. The minimum absolute atomic E-state index is 0.0199. The van der Waals surface area contributed by atoms with E-state index in [1.54, 1.807) is 6.07 Å². The number of ether oxygens (including phenoxy) is 1. The summed E-state index contributed by atoms with van der Waals surface area (Å²) in [6, 6.07) is 8.66. The van der Waals surface area contributed by atoms with E-state index < -0.39 is 5.97 Å². The lowest BCUT2D eigenvalue weighted by Gasteiger charge is -2.09. The molecule has 1 aromatic heterocycles. The van der Waals surface area contributed by atoms with Gasteiger partial charge in [-0.1, -0.05) is 12.1 Å². The predicted molar refractivity (Wildman–Crippen MR) is 66.9 cm³/mol. The van der Waals surface area contributed by atoms with Gasteiger partial charge in [0.15, 0.2) is 0 Å². The van der Waals surface area contributed by atoms with E-state index in [4.69, 9.17) is 15.6 Å². The van der Waals surface area contributed by atoms with Crippen LogP contribution in [0.5, 0.6) is 11.6 Å². The molecule has 0 saturated carbocycles. The second kappa shape index (κ2) is 4.75. The monoisotopic (exact) mass is 244 g/mol. The van der Waals surface area contributed by atoms with Crippen LogP contribution in [0.2, 0.25) is 0 Å².